The highest BCUT2D eigenvalue weighted by molar-refractivity contribution is 7.71. The van der Waals surface area contributed by atoms with E-state index in [0.717, 1.165) is 0 Å². The molecule has 2 rings (SSSR count). The van der Waals surface area contributed by atoms with Crippen molar-refractivity contribution in [2.75, 3.05) is 0 Å². The molecule has 0 radical (unpaired) electrons. The maximum Gasteiger partial charge on any atom is 0.337 e. The van der Waals surface area contributed by atoms with Gasteiger partial charge in [-0.2, -0.15) is 0 Å². The lowest BCUT2D eigenvalue weighted by Crippen LogP contribution is -2.09. The molecule has 0 bridgehead atoms. The number of nitrogens with one attached hydrogen (secondary N) is 2. The first-order valence-electron chi connectivity index (χ1n) is 5.24. The molecule has 0 spiro atoms. The molecule has 0 saturated carbocycles. The van der Waals surface area contributed by atoms with Gasteiger partial charge in [0.05, 0.1) is 0 Å². The van der Waals surface area contributed by atoms with Crippen LogP contribution in [0.25, 0.3) is 0 Å². The fraction of sp³-hybridized carbons (Fsp3) is 0.0833. The molecule has 0 aliphatic heterocycles. The Bertz CT molecular complexity index is 583. The number of carbonyl (C=O) groups is 1. The van der Waals surface area contributed by atoms with Crippen molar-refractivity contribution in [3.05, 3.63) is 63.0 Å². The van der Waals surface area contributed by atoms with Gasteiger partial charge in [-0.05, 0) is 11.6 Å². The molecule has 19 heavy (non-hydrogen) atoms. The number of aliphatic hydroxyl groups excluding tert-OH is 1. The van der Waals surface area contributed by atoms with Gasteiger partial charge in [0.15, 0.2) is 6.10 Å². The fourth-order valence-corrected chi connectivity index (χ4v) is 1.25. The van der Waals surface area contributed by atoms with Gasteiger partial charge in [0.25, 0.3) is 5.56 Å². The number of aliphatic carboxylic acids is 1. The lowest BCUT2D eigenvalue weighted by molar-refractivity contribution is -0.146. The van der Waals surface area contributed by atoms with Crippen molar-refractivity contribution in [3.8, 4) is 0 Å². The SMILES string of the molecule is O=C(O)C(O)c1ccccc1.O=c1ccc(=S)[nH][nH]1. The van der Waals surface area contributed by atoms with Crippen molar-refractivity contribution in [1.82, 2.24) is 10.2 Å². The van der Waals surface area contributed by atoms with Crippen LogP contribution in [0.1, 0.15) is 11.7 Å². The Labute approximate surface area is 113 Å². The number of hydrogen-bond acceptors (Lipinski definition) is 4. The molecule has 0 fully saturated rings. The molecule has 0 saturated heterocycles. The number of aromatic nitrogens is 2. The van der Waals surface area contributed by atoms with Gasteiger partial charge >= 0.3 is 5.97 Å². The van der Waals surface area contributed by atoms with E-state index in [0.29, 0.717) is 10.2 Å². The van der Waals surface area contributed by atoms with E-state index in [1.807, 2.05) is 0 Å². The van der Waals surface area contributed by atoms with Gasteiger partial charge in [-0.15, -0.1) is 0 Å². The number of rotatable bonds is 2. The summed E-state index contributed by atoms with van der Waals surface area (Å²) in [5.74, 6) is -1.23. The molecule has 2 aromatic rings. The molecule has 0 aliphatic rings. The minimum Gasteiger partial charge on any atom is -0.479 e. The van der Waals surface area contributed by atoms with Crippen LogP contribution >= 0.6 is 12.2 Å². The predicted molar refractivity (Wildman–Crippen MR) is 71.3 cm³/mol. The molecule has 0 aliphatic carbocycles. The van der Waals surface area contributed by atoms with Crippen molar-refractivity contribution in [2.24, 2.45) is 0 Å². The lowest BCUT2D eigenvalue weighted by atomic mass is 10.1. The summed E-state index contributed by atoms with van der Waals surface area (Å²) in [5.41, 5.74) is 0.235. The van der Waals surface area contributed by atoms with E-state index < -0.39 is 12.1 Å². The first-order chi connectivity index (χ1) is 9.00. The maximum absolute atomic E-state index is 10.3. The first-order valence-corrected chi connectivity index (χ1v) is 5.65. The van der Waals surface area contributed by atoms with Crippen LogP contribution in [0.3, 0.4) is 0 Å². The molecule has 4 N–H and O–H groups in total. The third-order valence-corrected chi connectivity index (χ3v) is 2.28. The summed E-state index contributed by atoms with van der Waals surface area (Å²) < 4.78 is 0.532. The van der Waals surface area contributed by atoms with Crippen molar-refractivity contribution in [1.29, 1.82) is 0 Å². The quantitative estimate of drug-likeness (QED) is 0.619. The summed E-state index contributed by atoms with van der Waals surface area (Å²) in [6.07, 6.45) is -1.41. The number of aromatic amines is 2. The number of carboxylic acid groups (broad SMARTS) is 1. The Hall–Kier alpha value is -2.25. The summed E-state index contributed by atoms with van der Waals surface area (Å²) in [4.78, 5) is 20.5. The topological polar surface area (TPSA) is 106 Å². The van der Waals surface area contributed by atoms with Gasteiger partial charge in [0, 0.05) is 6.07 Å². The van der Waals surface area contributed by atoms with Gasteiger partial charge < -0.3 is 10.2 Å². The summed E-state index contributed by atoms with van der Waals surface area (Å²) in [5, 5.41) is 22.2. The summed E-state index contributed by atoms with van der Waals surface area (Å²) >= 11 is 4.65. The zero-order valence-electron chi connectivity index (χ0n) is 9.74. The molecular formula is C12H12N2O4S. The summed E-state index contributed by atoms with van der Waals surface area (Å²) in [6.45, 7) is 0. The van der Waals surface area contributed by atoms with Crippen LogP contribution in [0.2, 0.25) is 0 Å². The van der Waals surface area contributed by atoms with Gasteiger partial charge in [0.1, 0.15) is 4.64 Å². The van der Waals surface area contributed by atoms with Crippen LogP contribution in [0.4, 0.5) is 0 Å². The fourth-order valence-electron chi connectivity index (χ4n) is 1.14. The summed E-state index contributed by atoms with van der Waals surface area (Å²) in [7, 11) is 0. The zero-order chi connectivity index (χ0) is 14.3. The average Bonchev–Trinajstić information content (AvgIpc) is 2.43. The van der Waals surface area contributed by atoms with Crippen LogP contribution < -0.4 is 5.56 Å². The minimum atomic E-state index is -1.41. The van der Waals surface area contributed by atoms with Crippen molar-refractivity contribution < 1.29 is 15.0 Å². The monoisotopic (exact) mass is 280 g/mol. The highest BCUT2D eigenvalue weighted by atomic mass is 32.1. The molecule has 1 heterocycles. The van der Waals surface area contributed by atoms with E-state index in [4.69, 9.17) is 10.2 Å². The van der Waals surface area contributed by atoms with Crippen molar-refractivity contribution in [2.45, 2.75) is 6.10 Å². The van der Waals surface area contributed by atoms with Crippen molar-refractivity contribution >= 4 is 18.2 Å². The van der Waals surface area contributed by atoms with Crippen LogP contribution in [-0.4, -0.2) is 26.4 Å². The molecule has 1 aromatic carbocycles. The molecule has 1 atom stereocenters. The average molecular weight is 280 g/mol. The van der Waals surface area contributed by atoms with E-state index in [9.17, 15) is 9.59 Å². The van der Waals surface area contributed by atoms with Gasteiger partial charge in [0.2, 0.25) is 0 Å². The van der Waals surface area contributed by atoms with Gasteiger partial charge in [-0.25, -0.2) is 4.79 Å². The second-order valence-corrected chi connectivity index (χ2v) is 3.90. The largest absolute Gasteiger partial charge is 0.479 e. The number of aliphatic hydroxyl groups is 1. The Balaban J connectivity index is 0.000000200. The third-order valence-electron chi connectivity index (χ3n) is 2.04. The number of benzene rings is 1. The minimum absolute atomic E-state index is 0.168. The van der Waals surface area contributed by atoms with Crippen LogP contribution in [-0.2, 0) is 4.79 Å². The lowest BCUT2D eigenvalue weighted by Gasteiger charge is -2.03. The second-order valence-electron chi connectivity index (χ2n) is 3.46. The summed E-state index contributed by atoms with van der Waals surface area (Å²) in [6, 6.07) is 11.2. The van der Waals surface area contributed by atoms with Gasteiger partial charge in [-0.3, -0.25) is 15.0 Å². The van der Waals surface area contributed by atoms with E-state index in [1.54, 1.807) is 30.3 Å². The zero-order valence-corrected chi connectivity index (χ0v) is 10.6. The Morgan fingerprint density at radius 3 is 2.16 bits per heavy atom. The highest BCUT2D eigenvalue weighted by Crippen LogP contribution is 2.10. The van der Waals surface area contributed by atoms with E-state index in [2.05, 4.69) is 22.4 Å². The Morgan fingerprint density at radius 1 is 1.11 bits per heavy atom. The standard InChI is InChI=1S/C8H8O3.C4H4N2OS/c9-7(8(10)11)6-4-2-1-3-5-6;7-3-1-2-4(8)6-5-3/h1-5,7,9H,(H,10,11);1-2H,(H,5,7)(H,6,8). The molecule has 1 unspecified atom stereocenters. The molecule has 100 valence electrons. The second kappa shape index (κ2) is 7.24. The molecule has 6 nitrogen and oxygen atoms in total. The molecule has 7 heteroatoms. The molecule has 1 aromatic heterocycles. The Kier molecular flexibility index (Phi) is 5.65. The van der Waals surface area contributed by atoms with Crippen molar-refractivity contribution in [3.63, 3.8) is 0 Å². The molecular weight excluding hydrogens is 268 g/mol. The number of carboxylic acids is 1. The third kappa shape index (κ3) is 5.28. The predicted octanol–water partition coefficient (Wildman–Crippen LogP) is 1.24. The van der Waals surface area contributed by atoms with Crippen LogP contribution in [0.15, 0.2) is 47.3 Å². The smallest absolute Gasteiger partial charge is 0.337 e. The molecule has 0 amide bonds. The first kappa shape index (κ1) is 14.8. The maximum atomic E-state index is 10.3. The number of H-pyrrole nitrogens is 2. The Morgan fingerprint density at radius 2 is 1.74 bits per heavy atom. The van der Waals surface area contributed by atoms with Gasteiger partial charge in [-0.1, -0.05) is 42.5 Å². The van der Waals surface area contributed by atoms with Crippen LogP contribution in [0, 0.1) is 4.64 Å². The highest BCUT2D eigenvalue weighted by Gasteiger charge is 2.14. The number of hydrogen-bond donors (Lipinski definition) is 4. The van der Waals surface area contributed by atoms with Crippen LogP contribution in [0.5, 0.6) is 0 Å². The normalized spacial score (nSPS) is 11.0. The van der Waals surface area contributed by atoms with E-state index in [-0.39, 0.29) is 5.56 Å². The van der Waals surface area contributed by atoms with E-state index >= 15 is 0 Å². The van der Waals surface area contributed by atoms with E-state index in [1.165, 1.54) is 12.1 Å².